The van der Waals surface area contributed by atoms with Gasteiger partial charge in [-0.1, -0.05) is 0 Å². The number of anilines is 2. The Labute approximate surface area is 138 Å². The minimum Gasteiger partial charge on any atom is -0.398 e. The number of aliphatic hydroxyl groups excluding tert-OH is 1. The van der Waals surface area contributed by atoms with Crippen LogP contribution in [0.1, 0.15) is 35.7 Å². The first kappa shape index (κ1) is 15.1. The lowest BCUT2D eigenvalue weighted by Gasteiger charge is -2.42. The Morgan fingerprint density at radius 1 is 1.46 bits per heavy atom. The van der Waals surface area contributed by atoms with Crippen molar-refractivity contribution in [3.05, 3.63) is 41.3 Å². The molecule has 1 saturated carbocycles. The lowest BCUT2D eigenvalue weighted by molar-refractivity contribution is 0.0277. The summed E-state index contributed by atoms with van der Waals surface area (Å²) in [5, 5.41) is 13.0. The minimum absolute atomic E-state index is 0.0834. The van der Waals surface area contributed by atoms with Gasteiger partial charge in [0, 0.05) is 40.5 Å². The molecule has 124 valence electrons. The van der Waals surface area contributed by atoms with Crippen LogP contribution in [0.5, 0.6) is 0 Å². The summed E-state index contributed by atoms with van der Waals surface area (Å²) in [5.74, 6) is -0.229. The molecule has 1 aliphatic heterocycles. The van der Waals surface area contributed by atoms with E-state index in [0.717, 1.165) is 17.9 Å². The Kier molecular flexibility index (Phi) is 3.15. The molecule has 0 bridgehead atoms. The average molecular weight is 327 g/mol. The Morgan fingerprint density at radius 2 is 2.21 bits per heavy atom. The molecule has 0 atom stereocenters. The second-order valence-corrected chi connectivity index (χ2v) is 6.76. The van der Waals surface area contributed by atoms with Crippen molar-refractivity contribution in [3.63, 3.8) is 0 Å². The summed E-state index contributed by atoms with van der Waals surface area (Å²) in [5.41, 5.74) is 7.59. The molecular weight excluding hydrogens is 309 g/mol. The minimum atomic E-state index is -0.613. The average Bonchev–Trinajstić information content (AvgIpc) is 2.86. The smallest absolute Gasteiger partial charge is 0.164 e. The number of rotatable bonds is 2. The molecule has 1 fully saturated rings. The van der Waals surface area contributed by atoms with Crippen LogP contribution in [0.25, 0.3) is 11.1 Å². The summed E-state index contributed by atoms with van der Waals surface area (Å²) in [4.78, 5) is 16.1. The topological polar surface area (TPSA) is 88.2 Å². The van der Waals surface area contributed by atoms with Crippen LogP contribution in [0.4, 0.5) is 15.9 Å². The first-order valence-corrected chi connectivity index (χ1v) is 7.93. The number of aliphatic hydroxyl groups is 1. The van der Waals surface area contributed by atoms with Crippen molar-refractivity contribution in [2.45, 2.75) is 31.3 Å². The standard InChI is InChI=1S/C18H18FN3O2/c1-9(23)15-14(20)3-2-12(16(15)19)10-4-13-17(21-7-10)22-8-18(13)5-11(24)6-18/h2-4,7,11,24H,5-6,8,20H2,1H3,(H,21,22)/t11-,18-. The van der Waals surface area contributed by atoms with Gasteiger partial charge in [0.25, 0.3) is 0 Å². The van der Waals surface area contributed by atoms with Crippen molar-refractivity contribution in [3.8, 4) is 11.1 Å². The van der Waals surface area contributed by atoms with E-state index in [0.29, 0.717) is 24.0 Å². The highest BCUT2D eigenvalue weighted by atomic mass is 19.1. The molecule has 0 saturated heterocycles. The first-order valence-electron chi connectivity index (χ1n) is 7.93. The molecule has 2 aromatic rings. The molecule has 0 amide bonds. The van der Waals surface area contributed by atoms with Crippen LogP contribution in [0.3, 0.4) is 0 Å². The molecule has 2 heterocycles. The van der Waals surface area contributed by atoms with Gasteiger partial charge in [-0.25, -0.2) is 9.37 Å². The second kappa shape index (κ2) is 5.01. The van der Waals surface area contributed by atoms with Gasteiger partial charge in [0.05, 0.1) is 11.7 Å². The highest BCUT2D eigenvalue weighted by Crippen LogP contribution is 2.50. The fourth-order valence-corrected chi connectivity index (χ4v) is 3.88. The molecule has 1 spiro atoms. The highest BCUT2D eigenvalue weighted by molar-refractivity contribution is 6.00. The Balaban J connectivity index is 1.83. The van der Waals surface area contributed by atoms with E-state index in [4.69, 9.17) is 5.73 Å². The molecule has 5 nitrogen and oxygen atoms in total. The third kappa shape index (κ3) is 2.03. The zero-order valence-corrected chi connectivity index (χ0v) is 13.3. The van der Waals surface area contributed by atoms with Crippen LogP contribution < -0.4 is 11.1 Å². The fourth-order valence-electron chi connectivity index (χ4n) is 3.88. The van der Waals surface area contributed by atoms with Gasteiger partial charge in [0.2, 0.25) is 0 Å². The van der Waals surface area contributed by atoms with E-state index >= 15 is 0 Å². The lowest BCUT2D eigenvalue weighted by atomic mass is 9.64. The van der Waals surface area contributed by atoms with E-state index < -0.39 is 11.6 Å². The summed E-state index contributed by atoms with van der Waals surface area (Å²) in [6, 6.07) is 5.03. The van der Waals surface area contributed by atoms with Crippen LogP contribution >= 0.6 is 0 Å². The van der Waals surface area contributed by atoms with Crippen molar-refractivity contribution < 1.29 is 14.3 Å². The predicted molar refractivity (Wildman–Crippen MR) is 89.5 cm³/mol. The number of nitrogens with zero attached hydrogens (tertiary/aromatic N) is 1. The van der Waals surface area contributed by atoms with Crippen molar-refractivity contribution in [1.29, 1.82) is 0 Å². The van der Waals surface area contributed by atoms with Crippen LogP contribution in [-0.4, -0.2) is 28.5 Å². The number of nitrogen functional groups attached to an aromatic ring is 1. The lowest BCUT2D eigenvalue weighted by Crippen LogP contribution is -2.46. The number of nitrogens with one attached hydrogen (secondary N) is 1. The monoisotopic (exact) mass is 327 g/mol. The molecular formula is C18H18FN3O2. The molecule has 6 heteroatoms. The van der Waals surface area contributed by atoms with Crippen LogP contribution in [0, 0.1) is 5.82 Å². The van der Waals surface area contributed by atoms with Gasteiger partial charge >= 0.3 is 0 Å². The number of pyridine rings is 1. The van der Waals surface area contributed by atoms with Crippen LogP contribution in [0.15, 0.2) is 24.4 Å². The highest BCUT2D eigenvalue weighted by Gasteiger charge is 2.49. The van der Waals surface area contributed by atoms with E-state index in [1.807, 2.05) is 6.07 Å². The summed E-state index contributed by atoms with van der Waals surface area (Å²) in [7, 11) is 0. The quantitative estimate of drug-likeness (QED) is 0.582. The molecule has 1 aromatic heterocycles. The maximum atomic E-state index is 14.8. The van der Waals surface area contributed by atoms with E-state index in [9.17, 15) is 14.3 Å². The fraction of sp³-hybridized carbons (Fsp3) is 0.333. The molecule has 24 heavy (non-hydrogen) atoms. The van der Waals surface area contributed by atoms with Crippen molar-refractivity contribution in [1.82, 2.24) is 4.98 Å². The molecule has 0 unspecified atom stereocenters. The zero-order chi connectivity index (χ0) is 17.1. The SMILES string of the molecule is CC(=O)c1c(N)ccc(-c2cnc3c(c2)[C@]2(CN3)C[C@@H](O)C2)c1F. The number of aromatic nitrogens is 1. The van der Waals surface area contributed by atoms with Crippen molar-refractivity contribution in [2.24, 2.45) is 0 Å². The van der Waals surface area contributed by atoms with Crippen molar-refractivity contribution in [2.75, 3.05) is 17.6 Å². The van der Waals surface area contributed by atoms with E-state index in [-0.39, 0.29) is 22.8 Å². The van der Waals surface area contributed by atoms with E-state index in [1.54, 1.807) is 18.3 Å². The third-order valence-corrected chi connectivity index (χ3v) is 5.14. The van der Waals surface area contributed by atoms with Gasteiger partial charge in [0.15, 0.2) is 5.78 Å². The number of ketones is 1. The third-order valence-electron chi connectivity index (χ3n) is 5.14. The van der Waals surface area contributed by atoms with E-state index in [2.05, 4.69) is 10.3 Å². The maximum absolute atomic E-state index is 14.8. The number of hydrogen-bond donors (Lipinski definition) is 3. The number of carbonyl (C=O) groups is 1. The molecule has 4 rings (SSSR count). The molecule has 0 radical (unpaired) electrons. The maximum Gasteiger partial charge on any atom is 0.164 e. The number of hydrogen-bond acceptors (Lipinski definition) is 5. The molecule has 4 N–H and O–H groups in total. The summed E-state index contributed by atoms with van der Waals surface area (Å²) < 4.78 is 14.8. The number of carbonyl (C=O) groups excluding carboxylic acids is 1. The molecule has 2 aliphatic rings. The van der Waals surface area contributed by atoms with Gasteiger partial charge in [-0.15, -0.1) is 0 Å². The Hall–Kier alpha value is -2.47. The van der Waals surface area contributed by atoms with Crippen LogP contribution in [-0.2, 0) is 5.41 Å². The number of nitrogens with two attached hydrogens (primary N) is 1. The Bertz CT molecular complexity index is 854. The summed E-state index contributed by atoms with van der Waals surface area (Å²) >= 11 is 0. The second-order valence-electron chi connectivity index (χ2n) is 6.76. The molecule has 1 aliphatic carbocycles. The van der Waals surface area contributed by atoms with Crippen LogP contribution in [0.2, 0.25) is 0 Å². The zero-order valence-electron chi connectivity index (χ0n) is 13.3. The van der Waals surface area contributed by atoms with Crippen molar-refractivity contribution >= 4 is 17.3 Å². The largest absolute Gasteiger partial charge is 0.398 e. The Morgan fingerprint density at radius 3 is 2.88 bits per heavy atom. The number of benzene rings is 1. The van der Waals surface area contributed by atoms with Gasteiger partial charge in [0.1, 0.15) is 11.6 Å². The van der Waals surface area contributed by atoms with E-state index in [1.165, 1.54) is 6.92 Å². The first-order chi connectivity index (χ1) is 11.4. The van der Waals surface area contributed by atoms with Gasteiger partial charge in [-0.3, -0.25) is 4.79 Å². The summed E-state index contributed by atoms with van der Waals surface area (Å²) in [6.45, 7) is 2.03. The number of fused-ring (bicyclic) bond motifs is 2. The van der Waals surface area contributed by atoms with Gasteiger partial charge < -0.3 is 16.2 Å². The molecule has 1 aromatic carbocycles. The van der Waals surface area contributed by atoms with Gasteiger partial charge in [-0.05, 0) is 38.0 Å². The number of halogens is 1. The predicted octanol–water partition coefficient (Wildman–Crippen LogP) is 2.49. The number of Topliss-reactive ketones (excluding diaryl/α,β-unsaturated/α-hetero) is 1. The van der Waals surface area contributed by atoms with Gasteiger partial charge in [-0.2, -0.15) is 0 Å². The normalized spacial score (nSPS) is 24.4. The summed E-state index contributed by atoms with van der Waals surface area (Å²) in [6.07, 6.45) is 2.67.